The van der Waals surface area contributed by atoms with E-state index in [1.807, 2.05) is 0 Å². The van der Waals surface area contributed by atoms with E-state index in [9.17, 15) is 0 Å². The van der Waals surface area contributed by atoms with Crippen LogP contribution in [-0.2, 0) is 6.42 Å². The Bertz CT molecular complexity index is 359. The summed E-state index contributed by atoms with van der Waals surface area (Å²) < 4.78 is 0. The van der Waals surface area contributed by atoms with Crippen molar-refractivity contribution in [2.75, 3.05) is 13.1 Å². The van der Waals surface area contributed by atoms with E-state index in [4.69, 9.17) is 0 Å². The van der Waals surface area contributed by atoms with Gasteiger partial charge in [0.15, 0.2) is 0 Å². The molecule has 1 saturated carbocycles. The molecule has 1 nitrogen and oxygen atoms in total. The van der Waals surface area contributed by atoms with Gasteiger partial charge in [-0.25, -0.2) is 0 Å². The molecular weight excluding hydrogens is 254 g/mol. The summed E-state index contributed by atoms with van der Waals surface area (Å²) in [4.78, 5) is 0. The molecule has 0 spiro atoms. The Balaban J connectivity index is 1.76. The molecule has 0 bridgehead atoms. The van der Waals surface area contributed by atoms with Crippen LogP contribution in [0.15, 0.2) is 30.3 Å². The molecule has 1 aliphatic carbocycles. The lowest BCUT2D eigenvalue weighted by Gasteiger charge is -2.25. The zero-order valence-corrected chi connectivity index (χ0v) is 13.8. The minimum absolute atomic E-state index is 0.926. The Labute approximate surface area is 131 Å². The highest BCUT2D eigenvalue weighted by atomic mass is 14.9. The van der Waals surface area contributed by atoms with E-state index in [2.05, 4.69) is 42.6 Å². The van der Waals surface area contributed by atoms with Crippen molar-refractivity contribution in [3.8, 4) is 0 Å². The molecule has 1 aromatic rings. The van der Waals surface area contributed by atoms with Crippen LogP contribution >= 0.6 is 0 Å². The first-order valence-electron chi connectivity index (χ1n) is 9.14. The van der Waals surface area contributed by atoms with Crippen LogP contribution in [0.25, 0.3) is 0 Å². The predicted molar refractivity (Wildman–Crippen MR) is 92.6 cm³/mol. The molecule has 0 aliphatic heterocycles. The van der Waals surface area contributed by atoms with Crippen molar-refractivity contribution < 1.29 is 0 Å². The third-order valence-corrected chi connectivity index (χ3v) is 5.03. The van der Waals surface area contributed by atoms with E-state index in [-0.39, 0.29) is 0 Å². The summed E-state index contributed by atoms with van der Waals surface area (Å²) in [5, 5.41) is 3.67. The summed E-state index contributed by atoms with van der Waals surface area (Å²) >= 11 is 0. The number of aryl methyl sites for hydroxylation is 1. The third kappa shape index (κ3) is 6.22. The molecule has 0 aromatic heterocycles. The molecule has 0 heterocycles. The second-order valence-electron chi connectivity index (χ2n) is 6.74. The second-order valence-corrected chi connectivity index (χ2v) is 6.74. The van der Waals surface area contributed by atoms with Crippen LogP contribution in [0.5, 0.6) is 0 Å². The van der Waals surface area contributed by atoms with Gasteiger partial charge in [-0.05, 0) is 62.6 Å². The third-order valence-electron chi connectivity index (χ3n) is 5.03. The minimum Gasteiger partial charge on any atom is -0.316 e. The van der Waals surface area contributed by atoms with Gasteiger partial charge in [0.1, 0.15) is 0 Å². The van der Waals surface area contributed by atoms with Gasteiger partial charge in [0.2, 0.25) is 0 Å². The van der Waals surface area contributed by atoms with Gasteiger partial charge in [0, 0.05) is 0 Å². The number of benzene rings is 1. The van der Waals surface area contributed by atoms with Gasteiger partial charge in [-0.2, -0.15) is 0 Å². The Kier molecular flexibility index (Phi) is 7.88. The summed E-state index contributed by atoms with van der Waals surface area (Å²) in [6.07, 6.45) is 12.6. The van der Waals surface area contributed by atoms with Gasteiger partial charge in [-0.15, -0.1) is 0 Å². The molecule has 2 atom stereocenters. The highest BCUT2D eigenvalue weighted by Crippen LogP contribution is 2.32. The normalized spacial score (nSPS) is 22.9. The summed E-state index contributed by atoms with van der Waals surface area (Å²) in [6.45, 7) is 4.70. The van der Waals surface area contributed by atoms with E-state index < -0.39 is 0 Å². The van der Waals surface area contributed by atoms with Gasteiger partial charge < -0.3 is 5.32 Å². The van der Waals surface area contributed by atoms with E-state index in [0.717, 1.165) is 11.8 Å². The van der Waals surface area contributed by atoms with Crippen LogP contribution in [0, 0.1) is 11.8 Å². The molecule has 1 N–H and O–H groups in total. The molecule has 21 heavy (non-hydrogen) atoms. The lowest BCUT2D eigenvalue weighted by atomic mass is 9.83. The SMILES string of the molecule is CCCNCC1CCCCCC1CCCc1ccccc1. The lowest BCUT2D eigenvalue weighted by molar-refractivity contribution is 0.279. The fourth-order valence-corrected chi connectivity index (χ4v) is 3.79. The maximum atomic E-state index is 3.67. The topological polar surface area (TPSA) is 12.0 Å². The van der Waals surface area contributed by atoms with Crippen molar-refractivity contribution in [1.29, 1.82) is 0 Å². The maximum absolute atomic E-state index is 3.67. The lowest BCUT2D eigenvalue weighted by Crippen LogP contribution is -2.28. The summed E-state index contributed by atoms with van der Waals surface area (Å²) in [5.41, 5.74) is 1.51. The summed E-state index contributed by atoms with van der Waals surface area (Å²) in [7, 11) is 0. The highest BCUT2D eigenvalue weighted by molar-refractivity contribution is 5.14. The van der Waals surface area contributed by atoms with E-state index in [0.29, 0.717) is 0 Å². The molecule has 1 aromatic carbocycles. The van der Waals surface area contributed by atoms with Crippen LogP contribution in [0.3, 0.4) is 0 Å². The Morgan fingerprint density at radius 1 is 1.00 bits per heavy atom. The average Bonchev–Trinajstić information content (AvgIpc) is 2.74. The first-order chi connectivity index (χ1) is 10.4. The van der Waals surface area contributed by atoms with Gasteiger partial charge in [-0.1, -0.05) is 62.9 Å². The van der Waals surface area contributed by atoms with Gasteiger partial charge in [-0.3, -0.25) is 0 Å². The molecular formula is C20H33N. The number of hydrogen-bond donors (Lipinski definition) is 1. The Morgan fingerprint density at radius 2 is 1.76 bits per heavy atom. The maximum Gasteiger partial charge on any atom is -0.00179 e. The van der Waals surface area contributed by atoms with Crippen LogP contribution < -0.4 is 5.32 Å². The molecule has 1 fully saturated rings. The van der Waals surface area contributed by atoms with Crippen molar-refractivity contribution in [1.82, 2.24) is 5.32 Å². The van der Waals surface area contributed by atoms with Crippen LogP contribution in [0.2, 0.25) is 0 Å². The predicted octanol–water partition coefficient (Wildman–Crippen LogP) is 5.21. The summed E-state index contributed by atoms with van der Waals surface area (Å²) in [5.74, 6) is 1.88. The minimum atomic E-state index is 0.926. The Hall–Kier alpha value is -0.820. The molecule has 0 saturated heterocycles. The molecule has 2 rings (SSSR count). The monoisotopic (exact) mass is 287 g/mol. The fraction of sp³-hybridized carbons (Fsp3) is 0.700. The number of hydrogen-bond acceptors (Lipinski definition) is 1. The van der Waals surface area contributed by atoms with Crippen molar-refractivity contribution in [3.63, 3.8) is 0 Å². The Morgan fingerprint density at radius 3 is 2.52 bits per heavy atom. The zero-order valence-electron chi connectivity index (χ0n) is 13.8. The van der Waals surface area contributed by atoms with E-state index in [1.54, 1.807) is 0 Å². The molecule has 1 aliphatic rings. The van der Waals surface area contributed by atoms with Crippen molar-refractivity contribution in [2.24, 2.45) is 11.8 Å². The van der Waals surface area contributed by atoms with Crippen LogP contribution in [0.1, 0.15) is 63.9 Å². The van der Waals surface area contributed by atoms with Gasteiger partial charge >= 0.3 is 0 Å². The fourth-order valence-electron chi connectivity index (χ4n) is 3.79. The number of nitrogens with one attached hydrogen (secondary N) is 1. The molecule has 0 amide bonds. The van der Waals surface area contributed by atoms with Gasteiger partial charge in [0.25, 0.3) is 0 Å². The van der Waals surface area contributed by atoms with E-state index in [1.165, 1.54) is 76.4 Å². The van der Waals surface area contributed by atoms with Gasteiger partial charge in [0.05, 0.1) is 0 Å². The zero-order chi connectivity index (χ0) is 14.8. The van der Waals surface area contributed by atoms with Crippen LogP contribution in [-0.4, -0.2) is 13.1 Å². The van der Waals surface area contributed by atoms with E-state index >= 15 is 0 Å². The molecule has 118 valence electrons. The molecule has 1 heteroatoms. The quantitative estimate of drug-likeness (QED) is 0.511. The van der Waals surface area contributed by atoms with Crippen molar-refractivity contribution in [2.45, 2.75) is 64.7 Å². The summed E-state index contributed by atoms with van der Waals surface area (Å²) in [6, 6.07) is 11.0. The molecule has 2 unspecified atom stereocenters. The first-order valence-corrected chi connectivity index (χ1v) is 9.14. The first kappa shape index (κ1) is 16.5. The largest absolute Gasteiger partial charge is 0.316 e. The van der Waals surface area contributed by atoms with Crippen molar-refractivity contribution >= 4 is 0 Å². The smallest absolute Gasteiger partial charge is 0.00179 e. The average molecular weight is 287 g/mol. The standard InChI is InChI=1S/C20H33N/c1-2-16-21-17-20-14-8-4-7-13-19(20)15-9-12-18-10-5-3-6-11-18/h3,5-6,10-11,19-21H,2,4,7-9,12-17H2,1H3. The second kappa shape index (κ2) is 10.00. The molecule has 0 radical (unpaired) electrons. The number of rotatable bonds is 8. The van der Waals surface area contributed by atoms with Crippen molar-refractivity contribution in [3.05, 3.63) is 35.9 Å². The highest BCUT2D eigenvalue weighted by Gasteiger charge is 2.22. The van der Waals surface area contributed by atoms with Crippen LogP contribution in [0.4, 0.5) is 0 Å².